The Hall–Kier alpha value is -2.66. The van der Waals surface area contributed by atoms with E-state index in [0.29, 0.717) is 19.6 Å². The maximum Gasteiger partial charge on any atom is 0.241 e. The predicted octanol–water partition coefficient (Wildman–Crippen LogP) is 2.99. The molecule has 144 valence electrons. The molecule has 2 rings (SSSR count). The third kappa shape index (κ3) is 6.53. The number of hydrogen-bond donors (Lipinski definition) is 1. The molecule has 0 radical (unpaired) electrons. The molecule has 1 N–H and O–H groups in total. The standard InChI is InChI=1S/C22H29N3O2/c1-4-23-21(26)16-24(5-2)17-22(27)25(15-19-11-7-6-8-12-19)20-13-9-10-18(3)14-20/h6-14H,4-5,15-17H2,1-3H3,(H,23,26). The van der Waals surface area contributed by atoms with E-state index in [1.165, 1.54) is 0 Å². The van der Waals surface area contributed by atoms with E-state index in [-0.39, 0.29) is 24.9 Å². The highest BCUT2D eigenvalue weighted by atomic mass is 16.2. The molecule has 0 aliphatic carbocycles. The van der Waals surface area contributed by atoms with Crippen molar-refractivity contribution in [3.05, 3.63) is 65.7 Å². The minimum atomic E-state index is -0.0580. The monoisotopic (exact) mass is 367 g/mol. The first-order valence-corrected chi connectivity index (χ1v) is 9.43. The van der Waals surface area contributed by atoms with Gasteiger partial charge in [0.15, 0.2) is 0 Å². The van der Waals surface area contributed by atoms with E-state index >= 15 is 0 Å². The first-order valence-electron chi connectivity index (χ1n) is 9.43. The molecule has 0 saturated heterocycles. The third-order valence-corrected chi connectivity index (χ3v) is 4.35. The van der Waals surface area contributed by atoms with Gasteiger partial charge in [-0.3, -0.25) is 14.5 Å². The van der Waals surface area contributed by atoms with Crippen LogP contribution >= 0.6 is 0 Å². The van der Waals surface area contributed by atoms with Crippen molar-refractivity contribution in [2.45, 2.75) is 27.3 Å². The Morgan fingerprint density at radius 2 is 1.70 bits per heavy atom. The van der Waals surface area contributed by atoms with Crippen LogP contribution in [0.3, 0.4) is 0 Å². The maximum atomic E-state index is 13.1. The van der Waals surface area contributed by atoms with Crippen molar-refractivity contribution in [2.24, 2.45) is 0 Å². The molecular formula is C22H29N3O2. The molecule has 0 aliphatic heterocycles. The fraction of sp³-hybridized carbons (Fsp3) is 0.364. The first kappa shape index (κ1) is 20.6. The van der Waals surface area contributed by atoms with Gasteiger partial charge >= 0.3 is 0 Å². The maximum absolute atomic E-state index is 13.1. The molecule has 2 aromatic carbocycles. The number of hydrogen-bond acceptors (Lipinski definition) is 3. The summed E-state index contributed by atoms with van der Waals surface area (Å²) in [5.74, 6) is -0.0760. The minimum Gasteiger partial charge on any atom is -0.355 e. The molecule has 0 unspecified atom stereocenters. The second-order valence-electron chi connectivity index (χ2n) is 6.56. The highest BCUT2D eigenvalue weighted by molar-refractivity contribution is 5.95. The third-order valence-electron chi connectivity index (χ3n) is 4.35. The van der Waals surface area contributed by atoms with Crippen LogP contribution in [0.4, 0.5) is 5.69 Å². The quantitative estimate of drug-likeness (QED) is 0.741. The zero-order chi connectivity index (χ0) is 19.6. The molecule has 27 heavy (non-hydrogen) atoms. The van der Waals surface area contributed by atoms with Gasteiger partial charge < -0.3 is 10.2 Å². The van der Waals surface area contributed by atoms with Crippen LogP contribution in [0.5, 0.6) is 0 Å². The van der Waals surface area contributed by atoms with Crippen LogP contribution < -0.4 is 10.2 Å². The fourth-order valence-electron chi connectivity index (χ4n) is 2.90. The van der Waals surface area contributed by atoms with Crippen molar-refractivity contribution in [3.8, 4) is 0 Å². The Balaban J connectivity index is 2.18. The summed E-state index contributed by atoms with van der Waals surface area (Å²) >= 11 is 0. The summed E-state index contributed by atoms with van der Waals surface area (Å²) in [6.07, 6.45) is 0. The molecule has 0 saturated carbocycles. The van der Waals surface area contributed by atoms with E-state index < -0.39 is 0 Å². The van der Waals surface area contributed by atoms with E-state index in [1.807, 2.05) is 80.3 Å². The summed E-state index contributed by atoms with van der Waals surface area (Å²) in [5, 5.41) is 2.79. The zero-order valence-electron chi connectivity index (χ0n) is 16.4. The molecule has 0 heterocycles. The number of amides is 2. The molecule has 0 aliphatic rings. The molecular weight excluding hydrogens is 338 g/mol. The zero-order valence-corrected chi connectivity index (χ0v) is 16.4. The van der Waals surface area contributed by atoms with Gasteiger partial charge in [-0.2, -0.15) is 0 Å². The lowest BCUT2D eigenvalue weighted by atomic mass is 10.1. The van der Waals surface area contributed by atoms with E-state index in [0.717, 1.165) is 16.8 Å². The summed E-state index contributed by atoms with van der Waals surface area (Å²) in [6.45, 7) is 8.02. The lowest BCUT2D eigenvalue weighted by Gasteiger charge is -2.27. The molecule has 0 atom stereocenters. The number of aryl methyl sites for hydroxylation is 1. The van der Waals surface area contributed by atoms with Gasteiger partial charge in [0, 0.05) is 12.2 Å². The predicted molar refractivity (Wildman–Crippen MR) is 110 cm³/mol. The minimum absolute atomic E-state index is 0.0180. The Morgan fingerprint density at radius 1 is 0.963 bits per heavy atom. The molecule has 0 spiro atoms. The molecule has 5 heteroatoms. The number of likely N-dealkylation sites (N-methyl/N-ethyl adjacent to an activating group) is 2. The van der Waals surface area contributed by atoms with Gasteiger partial charge in [-0.05, 0) is 43.7 Å². The number of carbonyl (C=O) groups excluding carboxylic acids is 2. The lowest BCUT2D eigenvalue weighted by molar-refractivity contribution is -0.124. The largest absolute Gasteiger partial charge is 0.355 e. The van der Waals surface area contributed by atoms with Gasteiger partial charge in [0.2, 0.25) is 11.8 Å². The van der Waals surface area contributed by atoms with Gasteiger partial charge in [-0.15, -0.1) is 0 Å². The molecule has 0 fully saturated rings. The molecule has 0 aromatic heterocycles. The second-order valence-corrected chi connectivity index (χ2v) is 6.56. The number of carbonyl (C=O) groups is 2. The van der Waals surface area contributed by atoms with Crippen molar-refractivity contribution in [2.75, 3.05) is 31.1 Å². The topological polar surface area (TPSA) is 52.7 Å². The van der Waals surface area contributed by atoms with Gasteiger partial charge in [-0.1, -0.05) is 49.4 Å². The smallest absolute Gasteiger partial charge is 0.241 e. The second kappa shape index (κ2) is 10.5. The molecule has 0 bridgehead atoms. The van der Waals surface area contributed by atoms with E-state index in [9.17, 15) is 9.59 Å². The van der Waals surface area contributed by atoms with Crippen LogP contribution in [0, 0.1) is 6.92 Å². The summed E-state index contributed by atoms with van der Waals surface area (Å²) < 4.78 is 0. The molecule has 5 nitrogen and oxygen atoms in total. The van der Waals surface area contributed by atoms with Crippen LogP contribution in [0.15, 0.2) is 54.6 Å². The van der Waals surface area contributed by atoms with Gasteiger partial charge in [-0.25, -0.2) is 0 Å². The van der Waals surface area contributed by atoms with E-state index in [1.54, 1.807) is 4.90 Å². The van der Waals surface area contributed by atoms with Crippen molar-refractivity contribution in [1.82, 2.24) is 10.2 Å². The van der Waals surface area contributed by atoms with Crippen LogP contribution in [-0.4, -0.2) is 42.9 Å². The number of nitrogens with zero attached hydrogens (tertiary/aromatic N) is 2. The van der Waals surface area contributed by atoms with Crippen molar-refractivity contribution >= 4 is 17.5 Å². The van der Waals surface area contributed by atoms with Crippen molar-refractivity contribution in [3.63, 3.8) is 0 Å². The fourth-order valence-corrected chi connectivity index (χ4v) is 2.90. The van der Waals surface area contributed by atoms with Gasteiger partial charge in [0.25, 0.3) is 0 Å². The molecule has 2 amide bonds. The summed E-state index contributed by atoms with van der Waals surface area (Å²) in [7, 11) is 0. The average molecular weight is 367 g/mol. The molecule has 2 aromatic rings. The Morgan fingerprint density at radius 3 is 2.33 bits per heavy atom. The normalized spacial score (nSPS) is 10.7. The van der Waals surface area contributed by atoms with Gasteiger partial charge in [0.1, 0.15) is 0 Å². The SMILES string of the molecule is CCNC(=O)CN(CC)CC(=O)N(Cc1ccccc1)c1cccc(C)c1. The van der Waals surface area contributed by atoms with E-state index in [2.05, 4.69) is 5.32 Å². The van der Waals surface area contributed by atoms with E-state index in [4.69, 9.17) is 0 Å². The van der Waals surface area contributed by atoms with Crippen LogP contribution in [0.2, 0.25) is 0 Å². The first-order chi connectivity index (χ1) is 13.0. The average Bonchev–Trinajstić information content (AvgIpc) is 2.66. The Kier molecular flexibility index (Phi) is 8.01. The highest BCUT2D eigenvalue weighted by Crippen LogP contribution is 2.19. The van der Waals surface area contributed by atoms with Crippen molar-refractivity contribution in [1.29, 1.82) is 0 Å². The van der Waals surface area contributed by atoms with Gasteiger partial charge in [0.05, 0.1) is 19.6 Å². The highest BCUT2D eigenvalue weighted by Gasteiger charge is 2.20. The Bertz CT molecular complexity index is 746. The Labute approximate surface area is 162 Å². The van der Waals surface area contributed by atoms with Crippen LogP contribution in [-0.2, 0) is 16.1 Å². The van der Waals surface area contributed by atoms with Crippen molar-refractivity contribution < 1.29 is 9.59 Å². The summed E-state index contributed by atoms with van der Waals surface area (Å²) in [5.41, 5.74) is 3.05. The number of rotatable bonds is 9. The number of anilines is 1. The van der Waals surface area contributed by atoms with Crippen LogP contribution in [0.1, 0.15) is 25.0 Å². The summed E-state index contributed by atoms with van der Waals surface area (Å²) in [4.78, 5) is 28.7. The van der Waals surface area contributed by atoms with Crippen LogP contribution in [0.25, 0.3) is 0 Å². The number of nitrogens with one attached hydrogen (secondary N) is 1. The summed E-state index contributed by atoms with van der Waals surface area (Å²) in [6, 6.07) is 17.9. The number of benzene rings is 2. The lowest BCUT2D eigenvalue weighted by Crippen LogP contribution is -2.44.